The van der Waals surface area contributed by atoms with Gasteiger partial charge in [-0.2, -0.15) is 4.99 Å². The standard InChI is InChI=1S/C14H21N5/c1-9(2)10-6-5-7-11(8-10)19-13(16)17-12(15)18-14(19,3)4/h5-9H,1-4H3,(H4,15,16,17,18). The molecule has 0 atom stereocenters. The van der Waals surface area contributed by atoms with Crippen LogP contribution in [0.15, 0.2) is 34.3 Å². The van der Waals surface area contributed by atoms with E-state index in [0.29, 0.717) is 11.9 Å². The van der Waals surface area contributed by atoms with Crippen LogP contribution in [0.4, 0.5) is 5.69 Å². The maximum atomic E-state index is 6.02. The van der Waals surface area contributed by atoms with Crippen molar-refractivity contribution in [3.05, 3.63) is 29.8 Å². The van der Waals surface area contributed by atoms with E-state index in [1.165, 1.54) is 5.56 Å². The lowest BCUT2D eigenvalue weighted by Gasteiger charge is -2.38. The molecule has 1 aliphatic rings. The van der Waals surface area contributed by atoms with Crippen molar-refractivity contribution in [1.82, 2.24) is 0 Å². The number of hydrogen-bond donors (Lipinski definition) is 2. The zero-order chi connectivity index (χ0) is 14.2. The lowest BCUT2D eigenvalue weighted by molar-refractivity contribution is 0.533. The van der Waals surface area contributed by atoms with E-state index in [1.807, 2.05) is 30.9 Å². The van der Waals surface area contributed by atoms with Gasteiger partial charge in [-0.25, -0.2) is 4.99 Å². The van der Waals surface area contributed by atoms with E-state index in [1.54, 1.807) is 0 Å². The minimum Gasteiger partial charge on any atom is -0.369 e. The van der Waals surface area contributed by atoms with Gasteiger partial charge < -0.3 is 11.5 Å². The number of benzene rings is 1. The quantitative estimate of drug-likeness (QED) is 0.852. The molecule has 1 aliphatic heterocycles. The molecule has 4 N–H and O–H groups in total. The zero-order valence-corrected chi connectivity index (χ0v) is 11.9. The Morgan fingerprint density at radius 3 is 2.47 bits per heavy atom. The monoisotopic (exact) mass is 259 g/mol. The molecule has 0 unspecified atom stereocenters. The fourth-order valence-corrected chi connectivity index (χ4v) is 2.27. The largest absolute Gasteiger partial charge is 0.369 e. The third-order valence-corrected chi connectivity index (χ3v) is 3.19. The second-order valence-corrected chi connectivity index (χ2v) is 5.52. The Balaban J connectivity index is 2.47. The summed E-state index contributed by atoms with van der Waals surface area (Å²) < 4.78 is 0. The first kappa shape index (κ1) is 13.4. The Hall–Kier alpha value is -2.04. The van der Waals surface area contributed by atoms with Crippen LogP contribution >= 0.6 is 0 Å². The maximum absolute atomic E-state index is 6.02. The minimum absolute atomic E-state index is 0.221. The minimum atomic E-state index is -0.536. The lowest BCUT2D eigenvalue weighted by Crippen LogP contribution is -2.54. The maximum Gasteiger partial charge on any atom is 0.220 e. The zero-order valence-electron chi connectivity index (χ0n) is 11.9. The van der Waals surface area contributed by atoms with E-state index in [0.717, 1.165) is 5.69 Å². The van der Waals surface area contributed by atoms with Crippen LogP contribution in [0.3, 0.4) is 0 Å². The third-order valence-electron chi connectivity index (χ3n) is 3.19. The van der Waals surface area contributed by atoms with E-state index in [9.17, 15) is 0 Å². The van der Waals surface area contributed by atoms with Crippen LogP contribution in [0.2, 0.25) is 0 Å². The topological polar surface area (TPSA) is 80.0 Å². The molecule has 1 aromatic carbocycles. The third kappa shape index (κ3) is 2.54. The van der Waals surface area contributed by atoms with Crippen LogP contribution in [-0.2, 0) is 0 Å². The van der Waals surface area contributed by atoms with Gasteiger partial charge in [0.1, 0.15) is 5.66 Å². The summed E-state index contributed by atoms with van der Waals surface area (Å²) >= 11 is 0. The van der Waals surface area contributed by atoms with Gasteiger partial charge in [-0.1, -0.05) is 26.0 Å². The summed E-state index contributed by atoms with van der Waals surface area (Å²) in [5, 5.41) is 0. The smallest absolute Gasteiger partial charge is 0.220 e. The van der Waals surface area contributed by atoms with E-state index in [-0.39, 0.29) is 5.96 Å². The lowest BCUT2D eigenvalue weighted by atomic mass is 10.0. The molecule has 0 bridgehead atoms. The van der Waals surface area contributed by atoms with Gasteiger partial charge in [-0.3, -0.25) is 4.90 Å². The molecule has 0 amide bonds. The van der Waals surface area contributed by atoms with Crippen molar-refractivity contribution < 1.29 is 0 Å². The summed E-state index contributed by atoms with van der Waals surface area (Å²) in [7, 11) is 0. The number of anilines is 1. The van der Waals surface area contributed by atoms with Crippen LogP contribution in [0.25, 0.3) is 0 Å². The van der Waals surface area contributed by atoms with Crippen molar-refractivity contribution >= 4 is 17.6 Å². The molecule has 19 heavy (non-hydrogen) atoms. The Morgan fingerprint density at radius 1 is 1.21 bits per heavy atom. The molecule has 1 aromatic rings. The Morgan fingerprint density at radius 2 is 1.89 bits per heavy atom. The molecule has 0 fully saturated rings. The van der Waals surface area contributed by atoms with Gasteiger partial charge in [-0.05, 0) is 37.5 Å². The van der Waals surface area contributed by atoms with Crippen LogP contribution in [0, 0.1) is 0 Å². The molecule has 5 heteroatoms. The number of rotatable bonds is 2. The number of nitrogens with zero attached hydrogens (tertiary/aromatic N) is 3. The fourth-order valence-electron chi connectivity index (χ4n) is 2.27. The van der Waals surface area contributed by atoms with Gasteiger partial charge >= 0.3 is 0 Å². The van der Waals surface area contributed by atoms with Crippen molar-refractivity contribution in [3.63, 3.8) is 0 Å². The molecule has 0 spiro atoms. The summed E-state index contributed by atoms with van der Waals surface area (Å²) in [6, 6.07) is 8.25. The molecule has 1 heterocycles. The van der Waals surface area contributed by atoms with Gasteiger partial charge in [0.05, 0.1) is 0 Å². The van der Waals surface area contributed by atoms with Crippen LogP contribution in [0.5, 0.6) is 0 Å². The summed E-state index contributed by atoms with van der Waals surface area (Å²) in [5.74, 6) is 1.05. The first-order chi connectivity index (χ1) is 8.81. The van der Waals surface area contributed by atoms with Crippen LogP contribution in [-0.4, -0.2) is 17.6 Å². The van der Waals surface area contributed by atoms with E-state index in [2.05, 4.69) is 36.0 Å². The Bertz CT molecular complexity index is 543. The highest BCUT2D eigenvalue weighted by molar-refractivity contribution is 6.05. The first-order valence-corrected chi connectivity index (χ1v) is 6.41. The number of hydrogen-bond acceptors (Lipinski definition) is 5. The fraction of sp³-hybridized carbons (Fsp3) is 0.429. The number of guanidine groups is 2. The highest BCUT2D eigenvalue weighted by atomic mass is 15.4. The molecule has 2 rings (SSSR count). The van der Waals surface area contributed by atoms with E-state index in [4.69, 9.17) is 11.5 Å². The van der Waals surface area contributed by atoms with Gasteiger partial charge in [-0.15, -0.1) is 0 Å². The molecule has 102 valence electrons. The van der Waals surface area contributed by atoms with Gasteiger partial charge in [0.25, 0.3) is 0 Å². The van der Waals surface area contributed by atoms with Crippen molar-refractivity contribution in [2.75, 3.05) is 4.90 Å². The predicted molar refractivity (Wildman–Crippen MR) is 80.3 cm³/mol. The van der Waals surface area contributed by atoms with Gasteiger partial charge in [0, 0.05) is 5.69 Å². The number of nitrogens with two attached hydrogens (primary N) is 2. The first-order valence-electron chi connectivity index (χ1n) is 6.41. The SMILES string of the molecule is CC(C)c1cccc(N2C(N)=NC(N)=NC2(C)C)c1. The molecule has 0 saturated heterocycles. The molecular formula is C14H21N5. The van der Waals surface area contributed by atoms with Crippen LogP contribution in [0.1, 0.15) is 39.2 Å². The molecule has 0 aliphatic carbocycles. The van der Waals surface area contributed by atoms with E-state index < -0.39 is 5.66 Å². The molecule has 0 radical (unpaired) electrons. The second kappa shape index (κ2) is 4.57. The molecular weight excluding hydrogens is 238 g/mol. The summed E-state index contributed by atoms with van der Waals surface area (Å²) in [4.78, 5) is 10.3. The molecule has 5 nitrogen and oxygen atoms in total. The summed E-state index contributed by atoms with van der Waals surface area (Å²) in [5.41, 5.74) is 13.4. The Kier molecular flexibility index (Phi) is 3.22. The number of aliphatic imine (C=N–C) groups is 2. The average Bonchev–Trinajstić information content (AvgIpc) is 2.26. The second-order valence-electron chi connectivity index (χ2n) is 5.52. The van der Waals surface area contributed by atoms with Gasteiger partial charge in [0.15, 0.2) is 0 Å². The molecule has 0 saturated carbocycles. The van der Waals surface area contributed by atoms with E-state index >= 15 is 0 Å². The summed E-state index contributed by atoms with van der Waals surface area (Å²) in [6.45, 7) is 8.25. The van der Waals surface area contributed by atoms with Gasteiger partial charge in [0.2, 0.25) is 11.9 Å². The Labute approximate surface area is 114 Å². The van der Waals surface area contributed by atoms with Crippen molar-refractivity contribution in [3.8, 4) is 0 Å². The van der Waals surface area contributed by atoms with Crippen LogP contribution < -0.4 is 16.4 Å². The summed E-state index contributed by atoms with van der Waals surface area (Å²) in [6.07, 6.45) is 0. The van der Waals surface area contributed by atoms with Crippen molar-refractivity contribution in [2.45, 2.75) is 39.3 Å². The van der Waals surface area contributed by atoms with Crippen molar-refractivity contribution in [2.24, 2.45) is 21.5 Å². The van der Waals surface area contributed by atoms with Crippen molar-refractivity contribution in [1.29, 1.82) is 0 Å². The average molecular weight is 259 g/mol. The predicted octanol–water partition coefficient (Wildman–Crippen LogP) is 2.00. The molecule has 0 aromatic heterocycles. The highest BCUT2D eigenvalue weighted by Gasteiger charge is 2.32. The normalized spacial score (nSPS) is 18.3. The highest BCUT2D eigenvalue weighted by Crippen LogP contribution is 2.29.